The van der Waals surface area contributed by atoms with Gasteiger partial charge in [-0.2, -0.15) is 0 Å². The van der Waals surface area contributed by atoms with Crippen LogP contribution in [0.15, 0.2) is 0 Å². The van der Waals surface area contributed by atoms with Crippen LogP contribution in [0.4, 0.5) is 0 Å². The fourth-order valence-electron chi connectivity index (χ4n) is 1.82. The summed E-state index contributed by atoms with van der Waals surface area (Å²) < 4.78 is 0. The largest absolute Gasteiger partial charge is 0.336 e. The average molecular weight is 250 g/mol. The Kier molecular flexibility index (Phi) is 3.17. The summed E-state index contributed by atoms with van der Waals surface area (Å²) in [6, 6.07) is 0.132. The third-order valence-electron chi connectivity index (χ3n) is 3.81. The minimum atomic E-state index is -0.111. The van der Waals surface area contributed by atoms with Crippen LogP contribution in [-0.4, -0.2) is 39.1 Å². The lowest BCUT2D eigenvalue weighted by Gasteiger charge is -2.34. The maximum Gasteiger partial charge on any atom is 0.293 e. The molecule has 0 aromatic carbocycles. The summed E-state index contributed by atoms with van der Waals surface area (Å²) in [5, 5.41) is 6.91. The van der Waals surface area contributed by atoms with Crippen LogP contribution in [0, 0.1) is 5.41 Å². The number of hydrogen-bond donors (Lipinski definition) is 1. The minimum Gasteiger partial charge on any atom is -0.336 e. The molecule has 0 saturated heterocycles. The van der Waals surface area contributed by atoms with Crippen molar-refractivity contribution in [1.82, 2.24) is 20.1 Å². The Hall–Kier alpha value is -1.39. The molecule has 1 fully saturated rings. The van der Waals surface area contributed by atoms with Crippen LogP contribution in [0.25, 0.3) is 0 Å². The van der Waals surface area contributed by atoms with Gasteiger partial charge in [0.2, 0.25) is 5.82 Å². The van der Waals surface area contributed by atoms with Crippen molar-refractivity contribution in [3.8, 4) is 0 Å². The third-order valence-corrected chi connectivity index (χ3v) is 3.81. The first kappa shape index (κ1) is 13.1. The van der Waals surface area contributed by atoms with E-state index < -0.39 is 0 Å². The van der Waals surface area contributed by atoms with E-state index in [4.69, 9.17) is 0 Å². The molecule has 1 aliphatic rings. The van der Waals surface area contributed by atoms with E-state index in [9.17, 15) is 4.79 Å². The number of nitrogens with one attached hydrogen (secondary N) is 1. The van der Waals surface area contributed by atoms with Gasteiger partial charge in [-0.25, -0.2) is 4.98 Å². The highest BCUT2D eigenvalue weighted by molar-refractivity contribution is 5.90. The van der Waals surface area contributed by atoms with Crippen molar-refractivity contribution in [1.29, 1.82) is 0 Å². The van der Waals surface area contributed by atoms with Crippen LogP contribution in [0.1, 0.15) is 62.9 Å². The summed E-state index contributed by atoms with van der Waals surface area (Å²) in [6.07, 6.45) is 2.30. The van der Waals surface area contributed by atoms with E-state index in [-0.39, 0.29) is 23.2 Å². The van der Waals surface area contributed by atoms with E-state index >= 15 is 0 Å². The highest BCUT2D eigenvalue weighted by Crippen LogP contribution is 2.37. The molecule has 1 saturated carbocycles. The molecule has 1 amide bonds. The van der Waals surface area contributed by atoms with E-state index in [0.29, 0.717) is 5.92 Å². The first-order valence-electron chi connectivity index (χ1n) is 6.50. The molecule has 100 valence electrons. The van der Waals surface area contributed by atoms with Gasteiger partial charge < -0.3 is 4.90 Å². The summed E-state index contributed by atoms with van der Waals surface area (Å²) in [6.45, 7) is 8.41. The SMILES string of the molecule is CC(N(C)C(=O)c1n[nH]c(C2CC2)n1)C(C)(C)C. The summed E-state index contributed by atoms with van der Waals surface area (Å²) in [5.74, 6) is 1.52. The van der Waals surface area contributed by atoms with Gasteiger partial charge in [-0.3, -0.25) is 9.89 Å². The maximum atomic E-state index is 12.3. The topological polar surface area (TPSA) is 61.9 Å². The number of H-pyrrole nitrogens is 1. The second kappa shape index (κ2) is 4.37. The number of aromatic nitrogens is 3. The molecule has 1 aromatic heterocycles. The fraction of sp³-hybridized carbons (Fsp3) is 0.769. The first-order valence-corrected chi connectivity index (χ1v) is 6.50. The molecule has 0 radical (unpaired) electrons. The minimum absolute atomic E-state index is 0.0417. The van der Waals surface area contributed by atoms with E-state index in [1.165, 1.54) is 0 Å². The van der Waals surface area contributed by atoms with Crippen LogP contribution in [0.3, 0.4) is 0 Å². The number of aromatic amines is 1. The zero-order valence-electron chi connectivity index (χ0n) is 11.8. The van der Waals surface area contributed by atoms with E-state index in [0.717, 1.165) is 18.7 Å². The zero-order chi connectivity index (χ0) is 13.5. The van der Waals surface area contributed by atoms with Gasteiger partial charge >= 0.3 is 0 Å². The lowest BCUT2D eigenvalue weighted by atomic mass is 9.87. The lowest BCUT2D eigenvalue weighted by molar-refractivity contribution is 0.0617. The van der Waals surface area contributed by atoms with Gasteiger partial charge in [0, 0.05) is 19.0 Å². The smallest absolute Gasteiger partial charge is 0.293 e. The number of rotatable bonds is 3. The van der Waals surface area contributed by atoms with Crippen LogP contribution < -0.4 is 0 Å². The number of nitrogens with zero attached hydrogens (tertiary/aromatic N) is 3. The standard InChI is InChI=1S/C13H22N4O/c1-8(13(2,3)4)17(5)12(18)11-14-10(15-16-11)9-6-7-9/h8-9H,6-7H2,1-5H3,(H,14,15,16). The van der Waals surface area contributed by atoms with Crippen molar-refractivity contribution >= 4 is 5.91 Å². The molecule has 0 bridgehead atoms. The van der Waals surface area contributed by atoms with Crippen molar-refractivity contribution in [3.63, 3.8) is 0 Å². The summed E-state index contributed by atoms with van der Waals surface area (Å²) in [4.78, 5) is 18.3. The number of hydrogen-bond acceptors (Lipinski definition) is 3. The quantitative estimate of drug-likeness (QED) is 0.894. The first-order chi connectivity index (χ1) is 8.30. The van der Waals surface area contributed by atoms with Crippen molar-refractivity contribution in [2.24, 2.45) is 5.41 Å². The van der Waals surface area contributed by atoms with Gasteiger partial charge in [0.1, 0.15) is 5.82 Å². The molecule has 0 aliphatic heterocycles. The number of amides is 1. The molecule has 5 nitrogen and oxygen atoms in total. The highest BCUT2D eigenvalue weighted by Gasteiger charge is 2.31. The van der Waals surface area contributed by atoms with E-state index in [2.05, 4.69) is 36.0 Å². The third kappa shape index (κ3) is 2.54. The van der Waals surface area contributed by atoms with Crippen LogP contribution >= 0.6 is 0 Å². The van der Waals surface area contributed by atoms with E-state index in [1.54, 1.807) is 4.90 Å². The molecule has 18 heavy (non-hydrogen) atoms. The van der Waals surface area contributed by atoms with Crippen LogP contribution in [0.5, 0.6) is 0 Å². The molecule has 5 heteroatoms. The molecule has 1 heterocycles. The molecule has 1 atom stereocenters. The fourth-order valence-corrected chi connectivity index (χ4v) is 1.82. The summed E-state index contributed by atoms with van der Waals surface area (Å²) in [5.41, 5.74) is 0.0417. The molecule has 0 spiro atoms. The second-order valence-electron chi connectivity index (χ2n) is 6.28. The lowest BCUT2D eigenvalue weighted by Crippen LogP contribution is -2.43. The second-order valence-corrected chi connectivity index (χ2v) is 6.28. The van der Waals surface area contributed by atoms with Crippen LogP contribution in [0.2, 0.25) is 0 Å². The molecule has 1 aromatic rings. The number of carbonyl (C=O) groups is 1. The predicted octanol–water partition coefficient (Wildman–Crippen LogP) is 2.19. The Morgan fingerprint density at radius 3 is 2.56 bits per heavy atom. The summed E-state index contributed by atoms with van der Waals surface area (Å²) >= 11 is 0. The summed E-state index contributed by atoms with van der Waals surface area (Å²) in [7, 11) is 1.81. The van der Waals surface area contributed by atoms with E-state index in [1.807, 2.05) is 14.0 Å². The molecule has 2 rings (SSSR count). The predicted molar refractivity (Wildman–Crippen MR) is 69.4 cm³/mol. The van der Waals surface area contributed by atoms with Crippen molar-refractivity contribution < 1.29 is 4.79 Å². The highest BCUT2D eigenvalue weighted by atomic mass is 16.2. The Morgan fingerprint density at radius 2 is 2.06 bits per heavy atom. The monoisotopic (exact) mass is 250 g/mol. The van der Waals surface area contributed by atoms with Crippen molar-refractivity contribution in [2.45, 2.75) is 52.5 Å². The maximum absolute atomic E-state index is 12.3. The molecule has 1 N–H and O–H groups in total. The van der Waals surface area contributed by atoms with Gasteiger partial charge in [-0.1, -0.05) is 20.8 Å². The van der Waals surface area contributed by atoms with Gasteiger partial charge in [0.15, 0.2) is 0 Å². The Labute approximate surface area is 108 Å². The normalized spacial score (nSPS) is 17.6. The van der Waals surface area contributed by atoms with Crippen molar-refractivity contribution in [3.05, 3.63) is 11.6 Å². The van der Waals surface area contributed by atoms with Gasteiger partial charge in [0.25, 0.3) is 5.91 Å². The van der Waals surface area contributed by atoms with Crippen molar-refractivity contribution in [2.75, 3.05) is 7.05 Å². The van der Waals surface area contributed by atoms with Gasteiger partial charge in [-0.05, 0) is 25.2 Å². The number of carbonyl (C=O) groups excluding carboxylic acids is 1. The van der Waals surface area contributed by atoms with Crippen LogP contribution in [-0.2, 0) is 0 Å². The molecule has 1 unspecified atom stereocenters. The average Bonchev–Trinajstić information content (AvgIpc) is 3.03. The molecular formula is C13H22N4O. The molecular weight excluding hydrogens is 228 g/mol. The van der Waals surface area contributed by atoms with Gasteiger partial charge in [0.05, 0.1) is 0 Å². The Bertz CT molecular complexity index is 442. The molecule has 1 aliphatic carbocycles. The zero-order valence-corrected chi connectivity index (χ0v) is 11.8. The Morgan fingerprint density at radius 1 is 1.44 bits per heavy atom. The van der Waals surface area contributed by atoms with Gasteiger partial charge in [-0.15, -0.1) is 5.10 Å². The Balaban J connectivity index is 2.09.